The van der Waals surface area contributed by atoms with E-state index in [1.165, 1.54) is 0 Å². The minimum atomic E-state index is -0.335. The Hall–Kier alpha value is -1.36. The van der Waals surface area contributed by atoms with Crippen molar-refractivity contribution in [2.75, 3.05) is 32.0 Å². The van der Waals surface area contributed by atoms with Crippen LogP contribution in [0.2, 0.25) is 0 Å². The van der Waals surface area contributed by atoms with Crippen molar-refractivity contribution >= 4 is 5.69 Å². The van der Waals surface area contributed by atoms with Crippen LogP contribution in [0.3, 0.4) is 0 Å². The van der Waals surface area contributed by atoms with Gasteiger partial charge in [0.05, 0.1) is 5.69 Å². The molecule has 0 saturated carbocycles. The third kappa shape index (κ3) is 2.66. The number of hydrogen-bond acceptors (Lipinski definition) is 3. The van der Waals surface area contributed by atoms with E-state index in [0.717, 1.165) is 25.9 Å². The molecule has 2 heterocycles. The van der Waals surface area contributed by atoms with Crippen molar-refractivity contribution in [3.63, 3.8) is 0 Å². The molecule has 0 aliphatic carbocycles. The van der Waals surface area contributed by atoms with Gasteiger partial charge in [-0.15, -0.1) is 0 Å². The summed E-state index contributed by atoms with van der Waals surface area (Å²) in [7, 11) is 0. The fourth-order valence-electron chi connectivity index (χ4n) is 2.40. The highest BCUT2D eigenvalue weighted by molar-refractivity contribution is 5.33. The normalized spacial score (nSPS) is 21.6. The zero-order valence-electron chi connectivity index (χ0n) is 9.81. The van der Waals surface area contributed by atoms with E-state index in [1.807, 2.05) is 0 Å². The first-order valence-corrected chi connectivity index (χ1v) is 5.97. The van der Waals surface area contributed by atoms with Crippen LogP contribution in [-0.4, -0.2) is 35.8 Å². The van der Waals surface area contributed by atoms with Crippen molar-refractivity contribution in [3.05, 3.63) is 28.7 Å². The fraction of sp³-hybridized carbons (Fsp3) is 0.583. The van der Waals surface area contributed by atoms with Gasteiger partial charge in [-0.05, 0) is 31.5 Å². The molecule has 4 nitrogen and oxygen atoms in total. The summed E-state index contributed by atoms with van der Waals surface area (Å²) in [5.74, 6) is 0. The maximum atomic E-state index is 12.3. The highest BCUT2D eigenvalue weighted by Gasteiger charge is 2.21. The predicted octanol–water partition coefficient (Wildman–Crippen LogP) is 1.04. The Morgan fingerprint density at radius 3 is 3.12 bits per heavy atom. The number of rotatable bonds is 3. The molecule has 1 aromatic rings. The standard InChI is InChI=1S/C12H18FN3O/c13-5-8-15-6-1-3-10(9-15)16-7-2-4-11(14)12(16)17/h2,4,7,10H,1,3,5-6,8-9,14H2/t10-/m0/s1. The molecule has 17 heavy (non-hydrogen) atoms. The number of nitrogens with zero attached hydrogens (tertiary/aromatic N) is 2. The predicted molar refractivity (Wildman–Crippen MR) is 65.8 cm³/mol. The zero-order chi connectivity index (χ0) is 12.3. The molecule has 0 unspecified atom stereocenters. The molecule has 0 spiro atoms. The van der Waals surface area contributed by atoms with Crippen molar-refractivity contribution in [2.45, 2.75) is 18.9 Å². The molecule has 1 atom stereocenters. The largest absolute Gasteiger partial charge is 0.394 e. The smallest absolute Gasteiger partial charge is 0.273 e. The average Bonchev–Trinajstić information content (AvgIpc) is 2.33. The topological polar surface area (TPSA) is 51.3 Å². The van der Waals surface area contributed by atoms with Gasteiger partial charge in [0, 0.05) is 25.3 Å². The molecule has 1 saturated heterocycles. The van der Waals surface area contributed by atoms with Crippen LogP contribution in [0.25, 0.3) is 0 Å². The minimum absolute atomic E-state index is 0.117. The number of piperidine rings is 1. The molecular weight excluding hydrogens is 221 g/mol. The molecule has 0 radical (unpaired) electrons. The molecule has 1 aliphatic rings. The monoisotopic (exact) mass is 239 g/mol. The maximum Gasteiger partial charge on any atom is 0.273 e. The van der Waals surface area contributed by atoms with Gasteiger partial charge in [0.15, 0.2) is 0 Å². The average molecular weight is 239 g/mol. The number of aromatic nitrogens is 1. The molecule has 0 amide bonds. The lowest BCUT2D eigenvalue weighted by Crippen LogP contribution is -2.40. The van der Waals surface area contributed by atoms with Crippen LogP contribution in [0.15, 0.2) is 23.1 Å². The van der Waals surface area contributed by atoms with Crippen molar-refractivity contribution in [1.29, 1.82) is 0 Å². The van der Waals surface area contributed by atoms with Gasteiger partial charge < -0.3 is 10.3 Å². The first kappa shape index (κ1) is 12.1. The summed E-state index contributed by atoms with van der Waals surface area (Å²) in [5, 5.41) is 0. The van der Waals surface area contributed by atoms with Gasteiger partial charge in [-0.3, -0.25) is 9.69 Å². The highest BCUT2D eigenvalue weighted by Crippen LogP contribution is 2.20. The quantitative estimate of drug-likeness (QED) is 0.857. The van der Waals surface area contributed by atoms with Crippen molar-refractivity contribution in [1.82, 2.24) is 9.47 Å². The first-order valence-electron chi connectivity index (χ1n) is 5.97. The van der Waals surface area contributed by atoms with Gasteiger partial charge >= 0.3 is 0 Å². The van der Waals surface area contributed by atoms with Crippen molar-refractivity contribution in [2.24, 2.45) is 0 Å². The molecule has 94 valence electrons. The Morgan fingerprint density at radius 1 is 1.53 bits per heavy atom. The third-order valence-corrected chi connectivity index (χ3v) is 3.28. The molecule has 0 aromatic carbocycles. The molecule has 0 bridgehead atoms. The number of nitrogen functional groups attached to an aromatic ring is 1. The van der Waals surface area contributed by atoms with E-state index in [2.05, 4.69) is 4.90 Å². The summed E-state index contributed by atoms with van der Waals surface area (Å²) in [5.41, 5.74) is 5.75. The van der Waals surface area contributed by atoms with Crippen molar-refractivity contribution < 1.29 is 4.39 Å². The fourth-order valence-corrected chi connectivity index (χ4v) is 2.40. The maximum absolute atomic E-state index is 12.3. The lowest BCUT2D eigenvalue weighted by Gasteiger charge is -2.33. The number of nitrogens with two attached hydrogens (primary N) is 1. The summed E-state index contributed by atoms with van der Waals surface area (Å²) in [4.78, 5) is 13.9. The second-order valence-corrected chi connectivity index (χ2v) is 4.46. The van der Waals surface area contributed by atoms with E-state index in [1.54, 1.807) is 22.9 Å². The van der Waals surface area contributed by atoms with E-state index in [-0.39, 0.29) is 24.0 Å². The summed E-state index contributed by atoms with van der Waals surface area (Å²) in [6.45, 7) is 1.76. The Morgan fingerprint density at radius 2 is 2.35 bits per heavy atom. The summed E-state index contributed by atoms with van der Waals surface area (Å²) < 4.78 is 14.0. The van der Waals surface area contributed by atoms with Crippen LogP contribution in [0.4, 0.5) is 10.1 Å². The Bertz CT molecular complexity index is 430. The molecular formula is C12H18FN3O. The Balaban J connectivity index is 2.16. The summed E-state index contributed by atoms with van der Waals surface area (Å²) in [6, 6.07) is 3.51. The number of likely N-dealkylation sites (tertiary alicyclic amines) is 1. The van der Waals surface area contributed by atoms with Crippen LogP contribution >= 0.6 is 0 Å². The minimum Gasteiger partial charge on any atom is -0.394 e. The molecule has 5 heteroatoms. The lowest BCUT2D eigenvalue weighted by molar-refractivity contribution is 0.164. The molecule has 1 fully saturated rings. The van der Waals surface area contributed by atoms with Gasteiger partial charge in [0.1, 0.15) is 6.67 Å². The first-order chi connectivity index (χ1) is 8.22. The molecule has 2 N–H and O–H groups in total. The van der Waals surface area contributed by atoms with E-state index >= 15 is 0 Å². The van der Waals surface area contributed by atoms with Crippen LogP contribution in [0.5, 0.6) is 0 Å². The van der Waals surface area contributed by atoms with Gasteiger partial charge in [-0.2, -0.15) is 0 Å². The Kier molecular flexibility index (Phi) is 3.78. The zero-order valence-corrected chi connectivity index (χ0v) is 9.81. The number of hydrogen-bond donors (Lipinski definition) is 1. The van der Waals surface area contributed by atoms with Gasteiger partial charge in [0.25, 0.3) is 5.56 Å². The molecule has 1 aromatic heterocycles. The summed E-state index contributed by atoms with van der Waals surface area (Å²) in [6.07, 6.45) is 3.71. The van der Waals surface area contributed by atoms with Crippen LogP contribution in [0.1, 0.15) is 18.9 Å². The van der Waals surface area contributed by atoms with E-state index in [9.17, 15) is 9.18 Å². The van der Waals surface area contributed by atoms with Crippen LogP contribution < -0.4 is 11.3 Å². The Labute approximate surface area is 99.8 Å². The van der Waals surface area contributed by atoms with Gasteiger partial charge in [-0.1, -0.05) is 0 Å². The number of pyridine rings is 1. The third-order valence-electron chi connectivity index (χ3n) is 3.28. The molecule has 1 aliphatic heterocycles. The number of alkyl halides is 1. The van der Waals surface area contributed by atoms with Gasteiger partial charge in [-0.25, -0.2) is 4.39 Å². The van der Waals surface area contributed by atoms with Gasteiger partial charge in [0.2, 0.25) is 0 Å². The summed E-state index contributed by atoms with van der Waals surface area (Å²) >= 11 is 0. The van der Waals surface area contributed by atoms with E-state index in [0.29, 0.717) is 6.54 Å². The lowest BCUT2D eigenvalue weighted by atomic mass is 10.1. The van der Waals surface area contributed by atoms with E-state index < -0.39 is 0 Å². The van der Waals surface area contributed by atoms with Crippen LogP contribution in [0, 0.1) is 0 Å². The second kappa shape index (κ2) is 5.31. The number of anilines is 1. The number of halogens is 1. The van der Waals surface area contributed by atoms with Crippen LogP contribution in [-0.2, 0) is 0 Å². The highest BCUT2D eigenvalue weighted by atomic mass is 19.1. The molecule has 2 rings (SSSR count). The second-order valence-electron chi connectivity index (χ2n) is 4.46. The van der Waals surface area contributed by atoms with E-state index in [4.69, 9.17) is 5.73 Å². The van der Waals surface area contributed by atoms with Crippen molar-refractivity contribution in [3.8, 4) is 0 Å². The SMILES string of the molecule is Nc1cccn([C@H]2CCCN(CCF)C2)c1=O.